The molecule has 23 heavy (non-hydrogen) atoms. The third-order valence-corrected chi connectivity index (χ3v) is 2.83. The molecule has 0 saturated heterocycles. The lowest BCUT2D eigenvalue weighted by Gasteiger charge is -2.10. The van der Waals surface area contributed by atoms with Crippen molar-refractivity contribution >= 4 is 23.7 Å². The molecule has 8 heteroatoms. The Kier molecular flexibility index (Phi) is 7.04. The third-order valence-electron chi connectivity index (χ3n) is 2.83. The molecule has 0 spiro atoms. The van der Waals surface area contributed by atoms with Crippen molar-refractivity contribution in [2.75, 3.05) is 19.8 Å². The number of rotatable bonds is 7. The first kappa shape index (κ1) is 18.5. The van der Waals surface area contributed by atoms with E-state index in [9.17, 15) is 19.2 Å². The summed E-state index contributed by atoms with van der Waals surface area (Å²) >= 11 is 0. The first-order valence-electron chi connectivity index (χ1n) is 6.65. The second-order valence-electron chi connectivity index (χ2n) is 4.47. The zero-order valence-corrected chi connectivity index (χ0v) is 12.4. The van der Waals surface area contributed by atoms with E-state index in [1.54, 1.807) is 19.1 Å². The molecule has 0 bridgehead atoms. The maximum atomic E-state index is 12.2. The van der Waals surface area contributed by atoms with Gasteiger partial charge < -0.3 is 19.7 Å². The number of ether oxygens (including phenoxy) is 2. The summed E-state index contributed by atoms with van der Waals surface area (Å²) in [6.07, 6.45) is -0.205. The summed E-state index contributed by atoms with van der Waals surface area (Å²) in [5, 5.41) is 17.1. The number of carbonyl (C=O) groups is 4. The monoisotopic (exact) mass is 324 g/mol. The van der Waals surface area contributed by atoms with E-state index in [1.807, 2.05) is 0 Å². The first-order valence-corrected chi connectivity index (χ1v) is 6.65. The summed E-state index contributed by atoms with van der Waals surface area (Å²) in [6, 6.07) is 4.48. The Bertz CT molecular complexity index is 620. The van der Waals surface area contributed by atoms with E-state index in [4.69, 9.17) is 10.2 Å². The van der Waals surface area contributed by atoms with Crippen molar-refractivity contribution < 1.29 is 38.9 Å². The van der Waals surface area contributed by atoms with Crippen molar-refractivity contribution in [2.45, 2.75) is 13.3 Å². The van der Waals surface area contributed by atoms with Gasteiger partial charge in [0.2, 0.25) is 0 Å². The quantitative estimate of drug-likeness (QED) is 0.400. The van der Waals surface area contributed by atoms with E-state index < -0.39 is 36.9 Å². The average Bonchev–Trinajstić information content (AvgIpc) is 2.53. The Labute approximate surface area is 131 Å². The molecule has 0 fully saturated rings. The SMILES string of the molecule is Cc1cccc(C(=O)CCOC(=O)CO)c1C(=O)OC(=O)CO. The molecule has 0 aliphatic heterocycles. The zero-order valence-electron chi connectivity index (χ0n) is 12.4. The number of esters is 3. The lowest BCUT2D eigenvalue weighted by Crippen LogP contribution is -2.20. The number of Topliss-reactive ketones (excluding diaryl/α,β-unsaturated/α-hetero) is 1. The summed E-state index contributed by atoms with van der Waals surface area (Å²) in [6.45, 7) is -0.448. The molecular weight excluding hydrogens is 308 g/mol. The minimum Gasteiger partial charge on any atom is -0.464 e. The van der Waals surface area contributed by atoms with Crippen molar-refractivity contribution in [3.05, 3.63) is 34.9 Å². The summed E-state index contributed by atoms with van der Waals surface area (Å²) in [5.41, 5.74) is 0.340. The van der Waals surface area contributed by atoms with E-state index in [0.29, 0.717) is 5.56 Å². The molecule has 0 saturated carbocycles. The van der Waals surface area contributed by atoms with Crippen LogP contribution in [0.25, 0.3) is 0 Å². The van der Waals surface area contributed by atoms with Crippen LogP contribution in [0.3, 0.4) is 0 Å². The highest BCUT2D eigenvalue weighted by molar-refractivity contribution is 6.09. The van der Waals surface area contributed by atoms with Gasteiger partial charge in [-0.2, -0.15) is 0 Å². The highest BCUT2D eigenvalue weighted by atomic mass is 16.6. The number of hydrogen-bond acceptors (Lipinski definition) is 8. The maximum Gasteiger partial charge on any atom is 0.346 e. The van der Waals surface area contributed by atoms with Crippen LogP contribution in [-0.4, -0.2) is 53.7 Å². The molecule has 0 aliphatic carbocycles. The van der Waals surface area contributed by atoms with Crippen LogP contribution in [-0.2, 0) is 19.1 Å². The molecular formula is C15H16O8. The molecule has 0 heterocycles. The van der Waals surface area contributed by atoms with E-state index in [0.717, 1.165) is 0 Å². The molecule has 0 unspecified atom stereocenters. The predicted molar refractivity (Wildman–Crippen MR) is 75.7 cm³/mol. The number of carbonyl (C=O) groups excluding carboxylic acids is 4. The fourth-order valence-electron chi connectivity index (χ4n) is 1.80. The fraction of sp³-hybridized carbons (Fsp3) is 0.333. The zero-order chi connectivity index (χ0) is 17.4. The van der Waals surface area contributed by atoms with Gasteiger partial charge in [0.1, 0.15) is 13.2 Å². The van der Waals surface area contributed by atoms with Gasteiger partial charge in [-0.25, -0.2) is 14.4 Å². The minimum atomic E-state index is -1.13. The molecule has 1 rings (SSSR count). The Morgan fingerprint density at radius 3 is 2.30 bits per heavy atom. The molecule has 0 radical (unpaired) electrons. The average molecular weight is 324 g/mol. The van der Waals surface area contributed by atoms with Gasteiger partial charge in [0.05, 0.1) is 12.2 Å². The van der Waals surface area contributed by atoms with Gasteiger partial charge in [-0.05, 0) is 12.5 Å². The highest BCUT2D eigenvalue weighted by Gasteiger charge is 2.22. The molecule has 8 nitrogen and oxygen atoms in total. The summed E-state index contributed by atoms with van der Waals surface area (Å²) in [5.74, 6) is -3.54. The molecule has 1 aromatic rings. The standard InChI is InChI=1S/C15H16O8/c1-9-3-2-4-10(11(18)5-6-22-12(19)7-16)14(9)15(21)23-13(20)8-17/h2-4,16-17H,5-8H2,1H3. The van der Waals surface area contributed by atoms with Crippen LogP contribution >= 0.6 is 0 Å². The number of benzene rings is 1. The van der Waals surface area contributed by atoms with Crippen LogP contribution in [0, 0.1) is 6.92 Å². The summed E-state index contributed by atoms with van der Waals surface area (Å²) < 4.78 is 9.00. The lowest BCUT2D eigenvalue weighted by molar-refractivity contribution is -0.146. The maximum absolute atomic E-state index is 12.2. The van der Waals surface area contributed by atoms with Crippen LogP contribution in [0.2, 0.25) is 0 Å². The van der Waals surface area contributed by atoms with Crippen LogP contribution in [0.1, 0.15) is 32.7 Å². The number of ketones is 1. The predicted octanol–water partition coefficient (Wildman–Crippen LogP) is -0.221. The van der Waals surface area contributed by atoms with Gasteiger partial charge in [0.15, 0.2) is 5.78 Å². The van der Waals surface area contributed by atoms with Gasteiger partial charge in [-0.1, -0.05) is 18.2 Å². The highest BCUT2D eigenvalue weighted by Crippen LogP contribution is 2.17. The molecule has 0 aromatic heterocycles. The number of aliphatic hydroxyl groups excluding tert-OH is 2. The largest absolute Gasteiger partial charge is 0.464 e. The van der Waals surface area contributed by atoms with Crippen molar-refractivity contribution in [3.8, 4) is 0 Å². The molecule has 1 aromatic carbocycles. The van der Waals surface area contributed by atoms with Crippen molar-refractivity contribution in [2.24, 2.45) is 0 Å². The lowest BCUT2D eigenvalue weighted by atomic mass is 9.97. The normalized spacial score (nSPS) is 10.0. The Morgan fingerprint density at radius 2 is 1.70 bits per heavy atom. The number of aryl methyl sites for hydroxylation is 1. The van der Waals surface area contributed by atoms with Crippen LogP contribution < -0.4 is 0 Å². The molecule has 0 atom stereocenters. The van der Waals surface area contributed by atoms with Crippen molar-refractivity contribution in [1.29, 1.82) is 0 Å². The number of hydrogen-bond donors (Lipinski definition) is 2. The molecule has 0 amide bonds. The second-order valence-corrected chi connectivity index (χ2v) is 4.47. The van der Waals surface area contributed by atoms with Crippen molar-refractivity contribution in [1.82, 2.24) is 0 Å². The molecule has 2 N–H and O–H groups in total. The summed E-state index contributed by atoms with van der Waals surface area (Å²) in [7, 11) is 0. The van der Waals surface area contributed by atoms with E-state index in [-0.39, 0.29) is 24.2 Å². The third kappa shape index (κ3) is 5.28. The van der Waals surface area contributed by atoms with Gasteiger partial charge in [0, 0.05) is 12.0 Å². The first-order chi connectivity index (χ1) is 10.9. The second kappa shape index (κ2) is 8.76. The molecule has 124 valence electrons. The topological polar surface area (TPSA) is 127 Å². The summed E-state index contributed by atoms with van der Waals surface area (Å²) in [4.78, 5) is 45.9. The van der Waals surface area contributed by atoms with Gasteiger partial charge in [0.25, 0.3) is 0 Å². The Morgan fingerprint density at radius 1 is 1.04 bits per heavy atom. The van der Waals surface area contributed by atoms with Crippen molar-refractivity contribution in [3.63, 3.8) is 0 Å². The minimum absolute atomic E-state index is 0.0146. The van der Waals surface area contributed by atoms with Crippen LogP contribution in [0.4, 0.5) is 0 Å². The van der Waals surface area contributed by atoms with E-state index in [2.05, 4.69) is 9.47 Å². The Hall–Kier alpha value is -2.58. The fourth-order valence-corrected chi connectivity index (χ4v) is 1.80. The molecule has 0 aliphatic rings. The Balaban J connectivity index is 2.92. The van der Waals surface area contributed by atoms with E-state index in [1.165, 1.54) is 6.07 Å². The number of aliphatic hydroxyl groups is 2. The van der Waals surface area contributed by atoms with Gasteiger partial charge in [-0.15, -0.1) is 0 Å². The smallest absolute Gasteiger partial charge is 0.346 e. The van der Waals surface area contributed by atoms with Gasteiger partial charge in [-0.3, -0.25) is 4.79 Å². The van der Waals surface area contributed by atoms with Crippen LogP contribution in [0.5, 0.6) is 0 Å². The van der Waals surface area contributed by atoms with E-state index >= 15 is 0 Å². The van der Waals surface area contributed by atoms with Crippen LogP contribution in [0.15, 0.2) is 18.2 Å². The van der Waals surface area contributed by atoms with Gasteiger partial charge >= 0.3 is 17.9 Å².